The Morgan fingerprint density at radius 3 is 3.15 bits per heavy atom. The van der Waals surface area contributed by atoms with Crippen LogP contribution in [0.2, 0.25) is 0 Å². The minimum atomic E-state index is -0.0462. The molecule has 2 aromatic rings. The molecule has 1 aromatic carbocycles. The summed E-state index contributed by atoms with van der Waals surface area (Å²) in [6, 6.07) is 8.41. The molecule has 1 aliphatic heterocycles. The first kappa shape index (κ1) is 13.7. The Bertz CT molecular complexity index is 561. The minimum absolute atomic E-state index is 0.0462. The molecule has 20 heavy (non-hydrogen) atoms. The molecule has 0 aliphatic carbocycles. The van der Waals surface area contributed by atoms with Gasteiger partial charge in [-0.2, -0.15) is 0 Å². The van der Waals surface area contributed by atoms with Crippen molar-refractivity contribution >= 4 is 11.3 Å². The van der Waals surface area contributed by atoms with Crippen molar-refractivity contribution in [3.8, 4) is 11.3 Å². The molecule has 0 N–H and O–H groups in total. The number of benzene rings is 1. The highest BCUT2D eigenvalue weighted by Gasteiger charge is 2.15. The van der Waals surface area contributed by atoms with E-state index in [9.17, 15) is 0 Å². The van der Waals surface area contributed by atoms with E-state index in [1.54, 1.807) is 11.3 Å². The van der Waals surface area contributed by atoms with Crippen molar-refractivity contribution < 1.29 is 9.47 Å². The van der Waals surface area contributed by atoms with Crippen molar-refractivity contribution in [2.45, 2.75) is 39.1 Å². The van der Waals surface area contributed by atoms with Gasteiger partial charge in [0.25, 0.3) is 0 Å². The second-order valence-electron chi connectivity index (χ2n) is 5.10. The first-order valence-corrected chi connectivity index (χ1v) is 7.94. The van der Waals surface area contributed by atoms with Gasteiger partial charge in [-0.25, -0.2) is 4.98 Å². The molecule has 2 heterocycles. The molecular weight excluding hydrogens is 270 g/mol. The summed E-state index contributed by atoms with van der Waals surface area (Å²) in [4.78, 5) is 4.64. The smallest absolute Gasteiger partial charge is 0.158 e. The monoisotopic (exact) mass is 289 g/mol. The second-order valence-corrected chi connectivity index (χ2v) is 6.05. The van der Waals surface area contributed by atoms with Crippen LogP contribution in [0, 0.1) is 6.92 Å². The molecule has 4 heteroatoms. The van der Waals surface area contributed by atoms with Gasteiger partial charge in [-0.1, -0.05) is 23.8 Å². The molecule has 0 bridgehead atoms. The van der Waals surface area contributed by atoms with Crippen molar-refractivity contribution in [2.75, 3.05) is 6.61 Å². The summed E-state index contributed by atoms with van der Waals surface area (Å²) in [6.45, 7) is 3.46. The highest BCUT2D eigenvalue weighted by atomic mass is 32.1. The quantitative estimate of drug-likeness (QED) is 0.847. The van der Waals surface area contributed by atoms with Crippen LogP contribution in [0.4, 0.5) is 0 Å². The molecule has 1 aliphatic rings. The maximum Gasteiger partial charge on any atom is 0.158 e. The van der Waals surface area contributed by atoms with Crippen LogP contribution < -0.4 is 0 Å². The zero-order valence-electron chi connectivity index (χ0n) is 11.7. The number of aromatic nitrogens is 1. The fraction of sp³-hybridized carbons (Fsp3) is 0.438. The number of ether oxygens (including phenoxy) is 2. The summed E-state index contributed by atoms with van der Waals surface area (Å²) in [6.07, 6.45) is 3.29. The fourth-order valence-corrected chi connectivity index (χ4v) is 3.04. The molecule has 1 atom stereocenters. The predicted molar refractivity (Wildman–Crippen MR) is 80.7 cm³/mol. The Hall–Kier alpha value is -1.23. The van der Waals surface area contributed by atoms with Gasteiger partial charge >= 0.3 is 0 Å². The van der Waals surface area contributed by atoms with Gasteiger partial charge in [0.15, 0.2) is 6.29 Å². The van der Waals surface area contributed by atoms with E-state index >= 15 is 0 Å². The average Bonchev–Trinajstić information content (AvgIpc) is 2.95. The van der Waals surface area contributed by atoms with Crippen molar-refractivity contribution in [3.05, 3.63) is 40.2 Å². The summed E-state index contributed by atoms with van der Waals surface area (Å²) in [5.41, 5.74) is 3.45. The van der Waals surface area contributed by atoms with Gasteiger partial charge in [0.1, 0.15) is 11.6 Å². The molecule has 3 rings (SSSR count). The lowest BCUT2D eigenvalue weighted by molar-refractivity contribution is -0.168. The van der Waals surface area contributed by atoms with Crippen molar-refractivity contribution in [1.82, 2.24) is 4.98 Å². The lowest BCUT2D eigenvalue weighted by Gasteiger charge is -2.22. The van der Waals surface area contributed by atoms with Crippen molar-refractivity contribution in [1.29, 1.82) is 0 Å². The third-order valence-electron chi connectivity index (χ3n) is 3.40. The number of aryl methyl sites for hydroxylation is 1. The SMILES string of the molecule is Cc1cccc(-c2csc(COC3CCCCO3)n2)c1. The Balaban J connectivity index is 1.61. The van der Waals surface area contributed by atoms with Gasteiger partial charge in [0.05, 0.1) is 5.69 Å². The van der Waals surface area contributed by atoms with Crippen molar-refractivity contribution in [3.63, 3.8) is 0 Å². The molecule has 1 unspecified atom stereocenters. The third-order valence-corrected chi connectivity index (χ3v) is 4.22. The zero-order valence-corrected chi connectivity index (χ0v) is 12.5. The van der Waals surface area contributed by atoms with Gasteiger partial charge in [-0.3, -0.25) is 0 Å². The van der Waals surface area contributed by atoms with Crippen LogP contribution in [-0.2, 0) is 16.1 Å². The largest absolute Gasteiger partial charge is 0.353 e. The van der Waals surface area contributed by atoms with E-state index in [0.29, 0.717) is 6.61 Å². The van der Waals surface area contributed by atoms with E-state index in [1.807, 2.05) is 0 Å². The summed E-state index contributed by atoms with van der Waals surface area (Å²) in [5.74, 6) is 0. The van der Waals surface area contributed by atoms with Crippen LogP contribution in [0.5, 0.6) is 0 Å². The summed E-state index contributed by atoms with van der Waals surface area (Å²) >= 11 is 1.65. The van der Waals surface area contributed by atoms with Gasteiger partial charge in [-0.15, -0.1) is 11.3 Å². The van der Waals surface area contributed by atoms with Gasteiger partial charge in [-0.05, 0) is 32.3 Å². The maximum atomic E-state index is 5.77. The summed E-state index contributed by atoms with van der Waals surface area (Å²) < 4.78 is 11.3. The van der Waals surface area contributed by atoms with E-state index in [-0.39, 0.29) is 6.29 Å². The van der Waals surface area contributed by atoms with Gasteiger partial charge in [0.2, 0.25) is 0 Å². The standard InChI is InChI=1S/C16H19NO2S/c1-12-5-4-6-13(9-12)14-11-20-15(17-14)10-19-16-7-2-3-8-18-16/h4-6,9,11,16H,2-3,7-8,10H2,1H3. The number of hydrogen-bond donors (Lipinski definition) is 0. The van der Waals surface area contributed by atoms with Crippen LogP contribution in [0.25, 0.3) is 11.3 Å². The zero-order chi connectivity index (χ0) is 13.8. The minimum Gasteiger partial charge on any atom is -0.353 e. The number of hydrogen-bond acceptors (Lipinski definition) is 4. The van der Waals surface area contributed by atoms with Crippen molar-refractivity contribution in [2.24, 2.45) is 0 Å². The van der Waals surface area contributed by atoms with Crippen LogP contribution in [0.3, 0.4) is 0 Å². The molecule has 3 nitrogen and oxygen atoms in total. The molecule has 1 fully saturated rings. The van der Waals surface area contributed by atoms with Gasteiger partial charge in [0, 0.05) is 17.6 Å². The van der Waals surface area contributed by atoms with E-state index in [0.717, 1.165) is 30.2 Å². The maximum absolute atomic E-state index is 5.77. The molecule has 0 amide bonds. The summed E-state index contributed by atoms with van der Waals surface area (Å²) in [5, 5.41) is 3.10. The van der Waals surface area contributed by atoms with E-state index in [1.165, 1.54) is 17.5 Å². The fourth-order valence-electron chi connectivity index (χ4n) is 2.32. The first-order chi connectivity index (χ1) is 9.81. The molecule has 0 spiro atoms. The lowest BCUT2D eigenvalue weighted by Crippen LogP contribution is -2.21. The third kappa shape index (κ3) is 3.45. The molecule has 0 radical (unpaired) electrons. The molecule has 106 valence electrons. The second kappa shape index (κ2) is 6.48. The Morgan fingerprint density at radius 1 is 1.40 bits per heavy atom. The Kier molecular flexibility index (Phi) is 4.45. The number of thiazole rings is 1. The van der Waals surface area contributed by atoms with E-state index < -0.39 is 0 Å². The van der Waals surface area contributed by atoms with E-state index in [2.05, 4.69) is 41.6 Å². The highest BCUT2D eigenvalue weighted by Crippen LogP contribution is 2.24. The van der Waals surface area contributed by atoms with Crippen LogP contribution in [-0.4, -0.2) is 17.9 Å². The molecule has 0 saturated carbocycles. The molecule has 1 aromatic heterocycles. The first-order valence-electron chi connectivity index (χ1n) is 7.06. The highest BCUT2D eigenvalue weighted by molar-refractivity contribution is 7.09. The van der Waals surface area contributed by atoms with Crippen LogP contribution in [0.1, 0.15) is 29.8 Å². The average molecular weight is 289 g/mol. The van der Waals surface area contributed by atoms with Crippen LogP contribution in [0.15, 0.2) is 29.6 Å². The Morgan fingerprint density at radius 2 is 2.35 bits per heavy atom. The lowest BCUT2D eigenvalue weighted by atomic mass is 10.1. The summed E-state index contributed by atoms with van der Waals surface area (Å²) in [7, 11) is 0. The van der Waals surface area contributed by atoms with Gasteiger partial charge < -0.3 is 9.47 Å². The Labute approximate surface area is 123 Å². The number of nitrogens with zero attached hydrogens (tertiary/aromatic N) is 1. The number of rotatable bonds is 4. The normalized spacial score (nSPS) is 19.1. The van der Waals surface area contributed by atoms with E-state index in [4.69, 9.17) is 9.47 Å². The molecule has 1 saturated heterocycles. The predicted octanol–water partition coefficient (Wildman–Crippen LogP) is 4.16. The van der Waals surface area contributed by atoms with Crippen LogP contribution >= 0.6 is 11.3 Å². The molecular formula is C16H19NO2S. The topological polar surface area (TPSA) is 31.4 Å².